The monoisotopic (exact) mass is 358 g/mol. The van der Waals surface area contributed by atoms with Crippen LogP contribution in [0.15, 0.2) is 72.8 Å². The number of rotatable bonds is 7. The SMILES string of the molecule is CCCCCC(C)(C)c1cc(-c2ccccc2)c(O)c(-c2ccccc2)c1. The van der Waals surface area contributed by atoms with E-state index in [4.69, 9.17) is 0 Å². The second-order valence-electron chi connectivity index (χ2n) is 7.99. The molecule has 0 unspecified atom stereocenters. The first kappa shape index (κ1) is 19.2. The maximum atomic E-state index is 11.1. The smallest absolute Gasteiger partial charge is 0.131 e. The van der Waals surface area contributed by atoms with Gasteiger partial charge >= 0.3 is 0 Å². The van der Waals surface area contributed by atoms with Gasteiger partial charge in [0.05, 0.1) is 0 Å². The lowest BCUT2D eigenvalue weighted by molar-refractivity contribution is 0.448. The highest BCUT2D eigenvalue weighted by Crippen LogP contribution is 2.43. The van der Waals surface area contributed by atoms with Crippen LogP contribution in [0.2, 0.25) is 0 Å². The van der Waals surface area contributed by atoms with Crippen molar-refractivity contribution in [2.75, 3.05) is 0 Å². The van der Waals surface area contributed by atoms with E-state index in [9.17, 15) is 5.11 Å². The van der Waals surface area contributed by atoms with Crippen LogP contribution < -0.4 is 0 Å². The second-order valence-corrected chi connectivity index (χ2v) is 7.99. The minimum atomic E-state index is 0.0654. The van der Waals surface area contributed by atoms with E-state index in [0.717, 1.165) is 28.7 Å². The van der Waals surface area contributed by atoms with E-state index in [-0.39, 0.29) is 5.41 Å². The van der Waals surface area contributed by atoms with Crippen molar-refractivity contribution in [2.24, 2.45) is 0 Å². The second kappa shape index (κ2) is 8.43. The zero-order valence-corrected chi connectivity index (χ0v) is 16.7. The summed E-state index contributed by atoms with van der Waals surface area (Å²) in [6.45, 7) is 6.88. The van der Waals surface area contributed by atoms with Crippen LogP contribution in [0.4, 0.5) is 0 Å². The number of benzene rings is 3. The van der Waals surface area contributed by atoms with E-state index < -0.39 is 0 Å². The molecule has 3 aromatic carbocycles. The standard InChI is InChI=1S/C26H30O/c1-4-5-12-17-26(2,3)22-18-23(20-13-8-6-9-14-20)25(27)24(19-22)21-15-10-7-11-16-21/h6-11,13-16,18-19,27H,4-5,12,17H2,1-3H3. The van der Waals surface area contributed by atoms with Crippen molar-refractivity contribution < 1.29 is 5.11 Å². The molecule has 140 valence electrons. The number of phenols is 1. The molecule has 1 nitrogen and oxygen atoms in total. The molecular formula is C26H30O. The molecule has 0 heterocycles. The minimum Gasteiger partial charge on any atom is -0.507 e. The Morgan fingerprint density at radius 3 is 1.67 bits per heavy atom. The van der Waals surface area contributed by atoms with E-state index in [2.05, 4.69) is 57.2 Å². The molecule has 0 aliphatic carbocycles. The lowest BCUT2D eigenvalue weighted by Crippen LogP contribution is -2.17. The lowest BCUT2D eigenvalue weighted by atomic mass is 9.77. The van der Waals surface area contributed by atoms with Gasteiger partial charge in [-0.05, 0) is 40.7 Å². The highest BCUT2D eigenvalue weighted by atomic mass is 16.3. The molecule has 3 rings (SSSR count). The van der Waals surface area contributed by atoms with Crippen LogP contribution >= 0.6 is 0 Å². The molecule has 27 heavy (non-hydrogen) atoms. The summed E-state index contributed by atoms with van der Waals surface area (Å²) in [7, 11) is 0. The molecule has 0 saturated heterocycles. The maximum absolute atomic E-state index is 11.1. The average Bonchev–Trinajstić information content (AvgIpc) is 2.69. The molecule has 1 N–H and O–H groups in total. The predicted molar refractivity (Wildman–Crippen MR) is 116 cm³/mol. The molecule has 0 aliphatic rings. The molecule has 0 aliphatic heterocycles. The van der Waals surface area contributed by atoms with Crippen LogP contribution in [0.3, 0.4) is 0 Å². The van der Waals surface area contributed by atoms with Crippen molar-refractivity contribution >= 4 is 0 Å². The van der Waals surface area contributed by atoms with E-state index in [0.29, 0.717) is 5.75 Å². The summed E-state index contributed by atoms with van der Waals surface area (Å²) in [5, 5.41) is 11.1. The third-order valence-electron chi connectivity index (χ3n) is 5.47. The van der Waals surface area contributed by atoms with E-state index in [1.54, 1.807) is 0 Å². The summed E-state index contributed by atoms with van der Waals surface area (Å²) in [5.74, 6) is 0.362. The first-order valence-corrected chi connectivity index (χ1v) is 10.0. The number of aromatic hydroxyl groups is 1. The summed E-state index contributed by atoms with van der Waals surface area (Å²) < 4.78 is 0. The fourth-order valence-electron chi connectivity index (χ4n) is 3.66. The van der Waals surface area contributed by atoms with Gasteiger partial charge in [-0.3, -0.25) is 0 Å². The summed E-state index contributed by atoms with van der Waals surface area (Å²) in [6.07, 6.45) is 4.87. The molecule has 1 heteroatoms. The molecule has 0 aromatic heterocycles. The first-order chi connectivity index (χ1) is 13.0. The highest BCUT2D eigenvalue weighted by Gasteiger charge is 2.24. The van der Waals surface area contributed by atoms with Gasteiger partial charge < -0.3 is 5.11 Å². The van der Waals surface area contributed by atoms with Gasteiger partial charge in [-0.1, -0.05) is 101 Å². The van der Waals surface area contributed by atoms with Gasteiger partial charge in [-0.2, -0.15) is 0 Å². The van der Waals surface area contributed by atoms with E-state index in [1.165, 1.54) is 24.8 Å². The van der Waals surface area contributed by atoms with E-state index >= 15 is 0 Å². The summed E-state index contributed by atoms with van der Waals surface area (Å²) >= 11 is 0. The maximum Gasteiger partial charge on any atom is 0.131 e. The van der Waals surface area contributed by atoms with Crippen molar-refractivity contribution in [3.05, 3.63) is 78.4 Å². The third-order valence-corrected chi connectivity index (χ3v) is 5.47. The molecular weight excluding hydrogens is 328 g/mol. The third kappa shape index (κ3) is 4.42. The molecule has 0 bridgehead atoms. The molecule has 0 amide bonds. The zero-order chi connectivity index (χ0) is 19.3. The Hall–Kier alpha value is -2.54. The molecule has 0 atom stereocenters. The van der Waals surface area contributed by atoms with Crippen LogP contribution in [0.1, 0.15) is 52.0 Å². The van der Waals surface area contributed by atoms with Crippen LogP contribution in [0.25, 0.3) is 22.3 Å². The zero-order valence-electron chi connectivity index (χ0n) is 16.7. The highest BCUT2D eigenvalue weighted by molar-refractivity contribution is 5.83. The van der Waals surface area contributed by atoms with Gasteiger partial charge in [0.2, 0.25) is 0 Å². The quantitative estimate of drug-likeness (QED) is 0.431. The van der Waals surface area contributed by atoms with Crippen molar-refractivity contribution in [3.63, 3.8) is 0 Å². The largest absolute Gasteiger partial charge is 0.507 e. The van der Waals surface area contributed by atoms with Crippen molar-refractivity contribution in [1.82, 2.24) is 0 Å². The summed E-state index contributed by atoms with van der Waals surface area (Å²) in [5.41, 5.74) is 5.28. The Morgan fingerprint density at radius 1 is 0.741 bits per heavy atom. The number of hydrogen-bond acceptors (Lipinski definition) is 1. The topological polar surface area (TPSA) is 20.2 Å². The molecule has 0 fully saturated rings. The molecule has 3 aromatic rings. The van der Waals surface area contributed by atoms with Gasteiger partial charge in [0, 0.05) is 11.1 Å². The Labute approximate surface area is 163 Å². The van der Waals surface area contributed by atoms with Crippen molar-refractivity contribution in [1.29, 1.82) is 0 Å². The Bertz CT molecular complexity index is 803. The first-order valence-electron chi connectivity index (χ1n) is 10.0. The van der Waals surface area contributed by atoms with Crippen molar-refractivity contribution in [3.8, 4) is 28.0 Å². The van der Waals surface area contributed by atoms with Crippen LogP contribution in [-0.2, 0) is 5.41 Å². The Kier molecular flexibility index (Phi) is 6.01. The molecule has 0 spiro atoms. The number of hydrogen-bond donors (Lipinski definition) is 1. The Balaban J connectivity index is 2.14. The van der Waals surface area contributed by atoms with Crippen LogP contribution in [0.5, 0.6) is 5.75 Å². The Morgan fingerprint density at radius 2 is 1.22 bits per heavy atom. The van der Waals surface area contributed by atoms with Gasteiger partial charge in [-0.25, -0.2) is 0 Å². The molecule has 0 radical (unpaired) electrons. The summed E-state index contributed by atoms with van der Waals surface area (Å²) in [4.78, 5) is 0. The van der Waals surface area contributed by atoms with E-state index in [1.807, 2.05) is 36.4 Å². The summed E-state index contributed by atoms with van der Waals surface area (Å²) in [6, 6.07) is 24.8. The normalized spacial score (nSPS) is 11.5. The molecule has 0 saturated carbocycles. The fraction of sp³-hybridized carbons (Fsp3) is 0.308. The fourth-order valence-corrected chi connectivity index (χ4v) is 3.66. The van der Waals surface area contributed by atoms with Crippen LogP contribution in [-0.4, -0.2) is 5.11 Å². The lowest BCUT2D eigenvalue weighted by Gasteiger charge is -2.27. The number of phenolic OH excluding ortho intramolecular Hbond substituents is 1. The minimum absolute atomic E-state index is 0.0654. The van der Waals surface area contributed by atoms with Crippen LogP contribution in [0, 0.1) is 0 Å². The average molecular weight is 359 g/mol. The predicted octanol–water partition coefficient (Wildman–Crippen LogP) is 7.58. The van der Waals surface area contributed by atoms with Gasteiger partial charge in [0.15, 0.2) is 0 Å². The van der Waals surface area contributed by atoms with Gasteiger partial charge in [0.1, 0.15) is 5.75 Å². The van der Waals surface area contributed by atoms with Gasteiger partial charge in [-0.15, -0.1) is 0 Å². The number of unbranched alkanes of at least 4 members (excludes halogenated alkanes) is 2. The van der Waals surface area contributed by atoms with Crippen molar-refractivity contribution in [2.45, 2.75) is 51.9 Å². The van der Waals surface area contributed by atoms with Gasteiger partial charge in [0.25, 0.3) is 0 Å².